The predicted molar refractivity (Wildman–Crippen MR) is 43.1 cm³/mol. The fourth-order valence-electron chi connectivity index (χ4n) is 0.434. The van der Waals surface area contributed by atoms with Crippen LogP contribution in [0.1, 0.15) is 19.8 Å². The van der Waals surface area contributed by atoms with Crippen molar-refractivity contribution in [1.82, 2.24) is 5.32 Å². The zero-order chi connectivity index (χ0) is 7.98. The average molecular weight is 161 g/mol. The summed E-state index contributed by atoms with van der Waals surface area (Å²) in [6.45, 7) is 2.36. The van der Waals surface area contributed by atoms with Crippen LogP contribution in [0.4, 0.5) is 0 Å². The Labute approximate surface area is 65.4 Å². The Balaban J connectivity index is 3.20. The maximum absolute atomic E-state index is 9.99. The molecule has 0 aromatic heterocycles. The molecule has 0 saturated heterocycles. The molecule has 0 saturated carbocycles. The van der Waals surface area contributed by atoms with E-state index in [-0.39, 0.29) is 6.42 Å². The van der Waals surface area contributed by atoms with Gasteiger partial charge in [0.25, 0.3) is 0 Å². The number of rotatable bonds is 4. The largest absolute Gasteiger partial charge is 0.481 e. The summed E-state index contributed by atoms with van der Waals surface area (Å²) in [5.74, 6) is -0.800. The normalized spacial score (nSPS) is 8.90. The number of carboxylic acids is 1. The van der Waals surface area contributed by atoms with E-state index in [0.717, 1.165) is 11.4 Å². The van der Waals surface area contributed by atoms with Crippen LogP contribution in [0.2, 0.25) is 0 Å². The van der Waals surface area contributed by atoms with Gasteiger partial charge in [0, 0.05) is 6.54 Å². The Morgan fingerprint density at radius 3 is 2.70 bits per heavy atom. The van der Waals surface area contributed by atoms with Gasteiger partial charge >= 0.3 is 5.97 Å². The standard InChI is InChI=1S/C6H11NO2S/c1-2-5(10)7-4-3-6(8)9/h2-4H2,1H3,(H,7,10)(H,8,9). The van der Waals surface area contributed by atoms with Gasteiger partial charge < -0.3 is 10.4 Å². The molecule has 0 aliphatic rings. The van der Waals surface area contributed by atoms with Crippen molar-refractivity contribution < 1.29 is 9.90 Å². The Bertz CT molecular complexity index is 136. The molecular weight excluding hydrogens is 150 g/mol. The molecule has 0 unspecified atom stereocenters. The predicted octanol–water partition coefficient (Wildman–Crippen LogP) is 0.788. The molecule has 0 rings (SSSR count). The average Bonchev–Trinajstić information content (AvgIpc) is 1.87. The van der Waals surface area contributed by atoms with Crippen molar-refractivity contribution in [1.29, 1.82) is 0 Å². The summed E-state index contributed by atoms with van der Waals surface area (Å²) in [5.41, 5.74) is 0. The van der Waals surface area contributed by atoms with Gasteiger partial charge in [-0.2, -0.15) is 0 Å². The summed E-state index contributed by atoms with van der Waals surface area (Å²) in [7, 11) is 0. The third kappa shape index (κ3) is 5.50. The lowest BCUT2D eigenvalue weighted by Gasteiger charge is -2.01. The van der Waals surface area contributed by atoms with Crippen LogP contribution < -0.4 is 5.32 Å². The number of carbonyl (C=O) groups is 1. The number of hydrogen-bond acceptors (Lipinski definition) is 2. The van der Waals surface area contributed by atoms with Gasteiger partial charge in [0.2, 0.25) is 0 Å². The lowest BCUT2D eigenvalue weighted by molar-refractivity contribution is -0.136. The zero-order valence-corrected chi connectivity index (χ0v) is 6.70. The minimum absolute atomic E-state index is 0.125. The van der Waals surface area contributed by atoms with Crippen LogP contribution in [0.15, 0.2) is 0 Å². The van der Waals surface area contributed by atoms with Gasteiger partial charge in [0.05, 0.1) is 11.4 Å². The molecule has 3 nitrogen and oxygen atoms in total. The first-order chi connectivity index (χ1) is 4.66. The van der Waals surface area contributed by atoms with Crippen molar-refractivity contribution in [3.05, 3.63) is 0 Å². The molecular formula is C6H11NO2S. The Morgan fingerprint density at radius 2 is 2.30 bits per heavy atom. The van der Waals surface area contributed by atoms with E-state index in [1.165, 1.54) is 0 Å². The van der Waals surface area contributed by atoms with E-state index < -0.39 is 5.97 Å². The number of aliphatic carboxylic acids is 1. The second-order valence-electron chi connectivity index (χ2n) is 1.85. The second kappa shape index (κ2) is 5.17. The van der Waals surface area contributed by atoms with Crippen LogP contribution in [-0.4, -0.2) is 22.6 Å². The molecule has 0 aromatic rings. The number of thiocarbonyl (C=S) groups is 1. The highest BCUT2D eigenvalue weighted by molar-refractivity contribution is 7.80. The molecule has 0 heterocycles. The van der Waals surface area contributed by atoms with Crippen LogP contribution >= 0.6 is 12.2 Å². The third-order valence-electron chi connectivity index (χ3n) is 0.982. The lowest BCUT2D eigenvalue weighted by atomic mass is 10.4. The second-order valence-corrected chi connectivity index (χ2v) is 2.34. The molecule has 0 amide bonds. The molecule has 0 aliphatic carbocycles. The van der Waals surface area contributed by atoms with Gasteiger partial charge in [-0.3, -0.25) is 4.79 Å². The monoisotopic (exact) mass is 161 g/mol. The molecule has 58 valence electrons. The van der Waals surface area contributed by atoms with Crippen molar-refractivity contribution in [3.63, 3.8) is 0 Å². The van der Waals surface area contributed by atoms with E-state index in [1.807, 2.05) is 6.92 Å². The molecule has 0 radical (unpaired) electrons. The van der Waals surface area contributed by atoms with Gasteiger partial charge in [0.1, 0.15) is 0 Å². The summed E-state index contributed by atoms with van der Waals surface area (Å²) in [4.78, 5) is 10.7. The SMILES string of the molecule is CCC(=S)NCCC(=O)O. The van der Waals surface area contributed by atoms with Gasteiger partial charge in [-0.1, -0.05) is 19.1 Å². The molecule has 0 spiro atoms. The van der Waals surface area contributed by atoms with Crippen molar-refractivity contribution in [3.8, 4) is 0 Å². The first-order valence-corrected chi connectivity index (χ1v) is 3.56. The number of nitrogens with one attached hydrogen (secondary N) is 1. The maximum Gasteiger partial charge on any atom is 0.305 e. The fourth-order valence-corrected chi connectivity index (χ4v) is 0.536. The summed E-state index contributed by atoms with van der Waals surface area (Å²) >= 11 is 4.80. The highest BCUT2D eigenvalue weighted by atomic mass is 32.1. The highest BCUT2D eigenvalue weighted by Gasteiger charge is 1.95. The van der Waals surface area contributed by atoms with Crippen LogP contribution in [0.5, 0.6) is 0 Å². The number of carboxylic acid groups (broad SMARTS) is 1. The molecule has 0 atom stereocenters. The smallest absolute Gasteiger partial charge is 0.305 e. The molecule has 0 bridgehead atoms. The van der Waals surface area contributed by atoms with E-state index in [4.69, 9.17) is 17.3 Å². The zero-order valence-electron chi connectivity index (χ0n) is 5.89. The lowest BCUT2D eigenvalue weighted by Crippen LogP contribution is -2.23. The molecule has 2 N–H and O–H groups in total. The topological polar surface area (TPSA) is 49.3 Å². The number of hydrogen-bond donors (Lipinski definition) is 2. The van der Waals surface area contributed by atoms with Crippen LogP contribution in [0.3, 0.4) is 0 Å². The summed E-state index contributed by atoms with van der Waals surface area (Å²) in [6, 6.07) is 0. The van der Waals surface area contributed by atoms with Gasteiger partial charge in [-0.25, -0.2) is 0 Å². The summed E-state index contributed by atoms with van der Waals surface area (Å²) < 4.78 is 0. The van der Waals surface area contributed by atoms with Crippen molar-refractivity contribution in [2.45, 2.75) is 19.8 Å². The fraction of sp³-hybridized carbons (Fsp3) is 0.667. The van der Waals surface area contributed by atoms with Crippen molar-refractivity contribution >= 4 is 23.2 Å². The molecule has 0 aromatic carbocycles. The Hall–Kier alpha value is -0.640. The first kappa shape index (κ1) is 9.36. The van der Waals surface area contributed by atoms with Crippen LogP contribution in [0.25, 0.3) is 0 Å². The quantitative estimate of drug-likeness (QED) is 0.598. The van der Waals surface area contributed by atoms with Gasteiger partial charge in [0.15, 0.2) is 0 Å². The molecule has 0 aliphatic heterocycles. The van der Waals surface area contributed by atoms with E-state index in [2.05, 4.69) is 5.32 Å². The van der Waals surface area contributed by atoms with Crippen LogP contribution in [0, 0.1) is 0 Å². The highest BCUT2D eigenvalue weighted by Crippen LogP contribution is 1.81. The van der Waals surface area contributed by atoms with Gasteiger partial charge in [-0.05, 0) is 6.42 Å². The van der Waals surface area contributed by atoms with Crippen molar-refractivity contribution in [2.24, 2.45) is 0 Å². The Kier molecular flexibility index (Phi) is 4.84. The van der Waals surface area contributed by atoms with E-state index in [0.29, 0.717) is 6.54 Å². The van der Waals surface area contributed by atoms with E-state index in [9.17, 15) is 4.79 Å². The summed E-state index contributed by atoms with van der Waals surface area (Å²) in [5, 5.41) is 11.0. The minimum Gasteiger partial charge on any atom is -0.481 e. The molecule has 10 heavy (non-hydrogen) atoms. The summed E-state index contributed by atoms with van der Waals surface area (Å²) in [6.07, 6.45) is 0.898. The maximum atomic E-state index is 9.99. The van der Waals surface area contributed by atoms with Crippen molar-refractivity contribution in [2.75, 3.05) is 6.54 Å². The van der Waals surface area contributed by atoms with E-state index in [1.54, 1.807) is 0 Å². The molecule has 4 heteroatoms. The first-order valence-electron chi connectivity index (χ1n) is 3.15. The van der Waals surface area contributed by atoms with E-state index >= 15 is 0 Å². The minimum atomic E-state index is -0.800. The molecule has 0 fully saturated rings. The van der Waals surface area contributed by atoms with Gasteiger partial charge in [-0.15, -0.1) is 0 Å². The third-order valence-corrected chi connectivity index (χ3v) is 1.42. The Morgan fingerprint density at radius 1 is 1.70 bits per heavy atom. The van der Waals surface area contributed by atoms with Crippen LogP contribution in [-0.2, 0) is 4.79 Å².